The van der Waals surface area contributed by atoms with Crippen LogP contribution in [0, 0.1) is 0 Å². The molecule has 24 heavy (non-hydrogen) atoms. The normalized spacial score (nSPS) is 10.8. The molecule has 0 unspecified atom stereocenters. The molecule has 0 heterocycles. The van der Waals surface area contributed by atoms with Gasteiger partial charge in [0, 0.05) is 12.7 Å². The third-order valence-electron chi connectivity index (χ3n) is 3.31. The number of ketones is 1. The monoisotopic (exact) mass is 328 g/mol. The number of benzene rings is 2. The molecular weight excluding hydrogens is 308 g/mol. The summed E-state index contributed by atoms with van der Waals surface area (Å²) in [5, 5.41) is 9.25. The van der Waals surface area contributed by atoms with E-state index in [2.05, 4.69) is 0 Å². The topological polar surface area (TPSA) is 65.0 Å². The molecule has 2 aromatic carbocycles. The highest BCUT2D eigenvalue weighted by molar-refractivity contribution is 6.07. The maximum Gasteiger partial charge on any atom is 0.185 e. The Morgan fingerprint density at radius 1 is 1.04 bits per heavy atom. The maximum atomic E-state index is 12.3. The van der Waals surface area contributed by atoms with Crippen molar-refractivity contribution in [3.8, 4) is 17.2 Å². The predicted molar refractivity (Wildman–Crippen MR) is 91.8 cm³/mol. The van der Waals surface area contributed by atoms with Gasteiger partial charge in [0.25, 0.3) is 0 Å². The number of hydrogen-bond donors (Lipinski definition) is 1. The SMILES string of the molecule is COCCOc1ccc(C(=O)C=Cc2ccc(O)cc2)cc1OC. The Bertz CT molecular complexity index is 704. The Morgan fingerprint density at radius 2 is 1.79 bits per heavy atom. The largest absolute Gasteiger partial charge is 0.508 e. The van der Waals surface area contributed by atoms with Crippen LogP contribution in [0.15, 0.2) is 48.5 Å². The standard InChI is InChI=1S/C19H20O5/c1-22-11-12-24-18-10-6-15(13-19(18)23-2)17(21)9-5-14-3-7-16(20)8-4-14/h3-10,13,20H,11-12H2,1-2H3. The van der Waals surface area contributed by atoms with Gasteiger partial charge in [-0.05, 0) is 42.0 Å². The van der Waals surface area contributed by atoms with Gasteiger partial charge in [-0.15, -0.1) is 0 Å². The summed E-state index contributed by atoms with van der Waals surface area (Å²) < 4.78 is 15.7. The molecule has 1 N–H and O–H groups in total. The summed E-state index contributed by atoms with van der Waals surface area (Å²) in [5.41, 5.74) is 1.33. The molecule has 0 aliphatic carbocycles. The number of hydrogen-bond acceptors (Lipinski definition) is 5. The summed E-state index contributed by atoms with van der Waals surface area (Å²) in [6, 6.07) is 11.6. The number of carbonyl (C=O) groups is 1. The van der Waals surface area contributed by atoms with Crippen molar-refractivity contribution >= 4 is 11.9 Å². The Morgan fingerprint density at radius 3 is 2.46 bits per heavy atom. The lowest BCUT2D eigenvalue weighted by atomic mass is 10.1. The lowest BCUT2D eigenvalue weighted by molar-refractivity contribution is 0.104. The lowest BCUT2D eigenvalue weighted by Crippen LogP contribution is -2.06. The molecule has 0 amide bonds. The molecule has 126 valence electrons. The fraction of sp³-hybridized carbons (Fsp3) is 0.211. The first-order valence-electron chi connectivity index (χ1n) is 7.45. The molecule has 5 nitrogen and oxygen atoms in total. The first-order valence-corrected chi connectivity index (χ1v) is 7.45. The van der Waals surface area contributed by atoms with Gasteiger partial charge in [0.1, 0.15) is 12.4 Å². The number of methoxy groups -OCH3 is 2. The van der Waals surface area contributed by atoms with Crippen LogP contribution in [0.2, 0.25) is 0 Å². The number of ether oxygens (including phenoxy) is 3. The van der Waals surface area contributed by atoms with Crippen LogP contribution in [-0.2, 0) is 4.74 Å². The van der Waals surface area contributed by atoms with Crippen molar-refractivity contribution in [2.24, 2.45) is 0 Å². The van der Waals surface area contributed by atoms with Gasteiger partial charge in [-0.25, -0.2) is 0 Å². The zero-order valence-electron chi connectivity index (χ0n) is 13.7. The second-order valence-electron chi connectivity index (χ2n) is 5.00. The van der Waals surface area contributed by atoms with E-state index in [-0.39, 0.29) is 11.5 Å². The number of rotatable bonds is 8. The second-order valence-corrected chi connectivity index (χ2v) is 5.00. The summed E-state index contributed by atoms with van der Waals surface area (Å²) in [5.74, 6) is 1.10. The smallest absolute Gasteiger partial charge is 0.185 e. The average Bonchev–Trinajstić information content (AvgIpc) is 2.61. The lowest BCUT2D eigenvalue weighted by Gasteiger charge is -2.11. The summed E-state index contributed by atoms with van der Waals surface area (Å²) in [4.78, 5) is 12.3. The van der Waals surface area contributed by atoms with E-state index in [1.165, 1.54) is 13.2 Å². The predicted octanol–water partition coefficient (Wildman–Crippen LogP) is 3.32. The molecule has 0 fully saturated rings. The van der Waals surface area contributed by atoms with Gasteiger partial charge < -0.3 is 19.3 Å². The number of aromatic hydroxyl groups is 1. The van der Waals surface area contributed by atoms with E-state index in [0.717, 1.165) is 5.56 Å². The van der Waals surface area contributed by atoms with Crippen molar-refractivity contribution in [3.05, 3.63) is 59.7 Å². The van der Waals surface area contributed by atoms with Crippen LogP contribution in [0.4, 0.5) is 0 Å². The second kappa shape index (κ2) is 8.74. The Balaban J connectivity index is 2.10. The number of phenolic OH excluding ortho intramolecular Hbond substituents is 1. The van der Waals surface area contributed by atoms with Crippen LogP contribution in [0.1, 0.15) is 15.9 Å². The fourth-order valence-corrected chi connectivity index (χ4v) is 2.03. The molecule has 2 aromatic rings. The molecule has 0 radical (unpaired) electrons. The third-order valence-corrected chi connectivity index (χ3v) is 3.31. The van der Waals surface area contributed by atoms with Crippen LogP contribution in [0.25, 0.3) is 6.08 Å². The zero-order chi connectivity index (χ0) is 17.4. The van der Waals surface area contributed by atoms with E-state index < -0.39 is 0 Å². The first kappa shape index (κ1) is 17.6. The van der Waals surface area contributed by atoms with E-state index in [9.17, 15) is 9.90 Å². The van der Waals surface area contributed by atoms with Gasteiger partial charge in [-0.3, -0.25) is 4.79 Å². The Labute approximate surface area is 141 Å². The van der Waals surface area contributed by atoms with Crippen molar-refractivity contribution in [3.63, 3.8) is 0 Å². The van der Waals surface area contributed by atoms with Crippen molar-refractivity contribution in [2.45, 2.75) is 0 Å². The summed E-state index contributed by atoms with van der Waals surface area (Å²) in [6.07, 6.45) is 3.17. The molecule has 0 saturated heterocycles. The van der Waals surface area contributed by atoms with Gasteiger partial charge in [0.15, 0.2) is 17.3 Å². The summed E-state index contributed by atoms with van der Waals surface area (Å²) in [7, 11) is 3.13. The molecule has 0 aromatic heterocycles. The van der Waals surface area contributed by atoms with Crippen molar-refractivity contribution < 1.29 is 24.1 Å². The molecule has 5 heteroatoms. The maximum absolute atomic E-state index is 12.3. The van der Waals surface area contributed by atoms with E-state index in [4.69, 9.17) is 14.2 Å². The highest BCUT2D eigenvalue weighted by Crippen LogP contribution is 2.28. The van der Waals surface area contributed by atoms with E-state index in [1.54, 1.807) is 55.7 Å². The molecule has 0 atom stereocenters. The number of carbonyl (C=O) groups excluding carboxylic acids is 1. The van der Waals surface area contributed by atoms with Gasteiger partial charge in [-0.1, -0.05) is 18.2 Å². The molecule has 2 rings (SSSR count). The molecular formula is C19H20O5. The average molecular weight is 328 g/mol. The molecule has 0 aliphatic heterocycles. The van der Waals surface area contributed by atoms with E-state index in [1.807, 2.05) is 0 Å². The van der Waals surface area contributed by atoms with Crippen molar-refractivity contribution in [1.82, 2.24) is 0 Å². The highest BCUT2D eigenvalue weighted by atomic mass is 16.5. The minimum Gasteiger partial charge on any atom is -0.508 e. The van der Waals surface area contributed by atoms with Crippen LogP contribution in [0.3, 0.4) is 0 Å². The Kier molecular flexibility index (Phi) is 6.40. The van der Waals surface area contributed by atoms with E-state index in [0.29, 0.717) is 30.3 Å². The minimum atomic E-state index is -0.148. The zero-order valence-corrected chi connectivity index (χ0v) is 13.7. The van der Waals surface area contributed by atoms with Crippen LogP contribution < -0.4 is 9.47 Å². The van der Waals surface area contributed by atoms with Crippen LogP contribution >= 0.6 is 0 Å². The van der Waals surface area contributed by atoms with Gasteiger partial charge in [-0.2, -0.15) is 0 Å². The summed E-state index contributed by atoms with van der Waals surface area (Å²) in [6.45, 7) is 0.875. The van der Waals surface area contributed by atoms with Gasteiger partial charge in [0.05, 0.1) is 13.7 Å². The molecule has 0 spiro atoms. The quantitative estimate of drug-likeness (QED) is 0.457. The highest BCUT2D eigenvalue weighted by Gasteiger charge is 2.09. The fourth-order valence-electron chi connectivity index (χ4n) is 2.03. The minimum absolute atomic E-state index is 0.148. The van der Waals surface area contributed by atoms with Crippen molar-refractivity contribution in [1.29, 1.82) is 0 Å². The van der Waals surface area contributed by atoms with Crippen LogP contribution in [-0.4, -0.2) is 38.3 Å². The molecule has 0 bridgehead atoms. The van der Waals surface area contributed by atoms with E-state index >= 15 is 0 Å². The molecule has 0 aliphatic rings. The third kappa shape index (κ3) is 4.86. The van der Waals surface area contributed by atoms with Crippen LogP contribution in [0.5, 0.6) is 17.2 Å². The molecule has 0 saturated carbocycles. The number of phenols is 1. The summed E-state index contributed by atoms with van der Waals surface area (Å²) >= 11 is 0. The number of allylic oxidation sites excluding steroid dienone is 1. The van der Waals surface area contributed by atoms with Gasteiger partial charge >= 0.3 is 0 Å². The first-order chi connectivity index (χ1) is 11.6. The Hall–Kier alpha value is -2.79. The van der Waals surface area contributed by atoms with Crippen molar-refractivity contribution in [2.75, 3.05) is 27.4 Å². The van der Waals surface area contributed by atoms with Gasteiger partial charge in [0.2, 0.25) is 0 Å².